The van der Waals surface area contributed by atoms with E-state index < -0.39 is 0 Å². The fourth-order valence-corrected chi connectivity index (χ4v) is 1.78. The summed E-state index contributed by atoms with van der Waals surface area (Å²) < 4.78 is 0.918. The Morgan fingerprint density at radius 2 is 2.38 bits per heavy atom. The van der Waals surface area contributed by atoms with Crippen LogP contribution >= 0.6 is 27.7 Å². The van der Waals surface area contributed by atoms with Gasteiger partial charge in [-0.15, -0.1) is 0 Å². The number of nitrogens with two attached hydrogens (primary N) is 1. The van der Waals surface area contributed by atoms with E-state index in [1.54, 1.807) is 6.07 Å². The fraction of sp³-hybridized carbons (Fsp3) is 0.250. The lowest BCUT2D eigenvalue weighted by Gasteiger charge is -2.01. The molecule has 0 saturated heterocycles. The molecule has 0 aliphatic rings. The van der Waals surface area contributed by atoms with Gasteiger partial charge in [-0.05, 0) is 11.4 Å². The maximum Gasteiger partial charge on any atom is 0.190 e. The van der Waals surface area contributed by atoms with Crippen LogP contribution in [0, 0.1) is 6.92 Å². The van der Waals surface area contributed by atoms with E-state index in [2.05, 4.69) is 32.5 Å². The third kappa shape index (κ3) is 3.78. The molecule has 0 saturated carbocycles. The molecule has 0 atom stereocenters. The van der Waals surface area contributed by atoms with Crippen LogP contribution in [0.1, 0.15) is 5.69 Å². The Balaban J connectivity index is 2.71. The fourth-order valence-electron chi connectivity index (χ4n) is 0.772. The normalized spacial score (nSPS) is 10.0. The maximum absolute atomic E-state index is 5.57. The minimum absolute atomic E-state index is 0.509. The lowest BCUT2D eigenvalue weighted by atomic mass is 10.4. The van der Waals surface area contributed by atoms with Gasteiger partial charge in [-0.2, -0.15) is 0 Å². The molecular formula is C8H10BrN3S. The average Bonchev–Trinajstić information content (AvgIpc) is 1.99. The summed E-state index contributed by atoms with van der Waals surface area (Å²) in [6.07, 6.45) is 0. The summed E-state index contributed by atoms with van der Waals surface area (Å²) in [5, 5.41) is 0.693. The molecule has 1 aromatic heterocycles. The molecular weight excluding hydrogens is 250 g/mol. The number of halogens is 1. The van der Waals surface area contributed by atoms with Crippen LogP contribution in [0.15, 0.2) is 22.3 Å². The molecule has 0 fully saturated rings. The highest BCUT2D eigenvalue weighted by atomic mass is 79.9. The average molecular weight is 260 g/mol. The highest BCUT2D eigenvalue weighted by Gasteiger charge is 2.00. The van der Waals surface area contributed by atoms with Crippen molar-refractivity contribution in [3.63, 3.8) is 0 Å². The molecule has 0 radical (unpaired) electrons. The highest BCUT2D eigenvalue weighted by molar-refractivity contribution is 9.11. The first kappa shape index (κ1) is 10.5. The molecule has 1 heterocycles. The number of nitrogens with zero attached hydrogens (tertiary/aromatic N) is 2. The van der Waals surface area contributed by atoms with Crippen molar-refractivity contribution in [2.24, 2.45) is 0 Å². The van der Waals surface area contributed by atoms with E-state index in [0.29, 0.717) is 11.0 Å². The maximum atomic E-state index is 5.57. The predicted octanol–water partition coefficient (Wildman–Crippen LogP) is 2.37. The SMILES string of the molecule is C=C(Br)CSc1nc(C)cc(N)n1. The summed E-state index contributed by atoms with van der Waals surface area (Å²) in [4.78, 5) is 8.29. The second-order valence-corrected chi connectivity index (χ2v) is 4.59. The molecule has 13 heavy (non-hydrogen) atoms. The second kappa shape index (κ2) is 4.62. The minimum atomic E-state index is 0.509. The van der Waals surface area contributed by atoms with Crippen LogP contribution in [0.2, 0.25) is 0 Å². The van der Waals surface area contributed by atoms with Gasteiger partial charge in [0.2, 0.25) is 0 Å². The number of nitrogen functional groups attached to an aromatic ring is 1. The number of rotatable bonds is 3. The largest absolute Gasteiger partial charge is 0.384 e. The molecule has 0 spiro atoms. The van der Waals surface area contributed by atoms with Crippen LogP contribution in [0.3, 0.4) is 0 Å². The van der Waals surface area contributed by atoms with E-state index >= 15 is 0 Å². The Kier molecular flexibility index (Phi) is 3.74. The van der Waals surface area contributed by atoms with Crippen molar-refractivity contribution in [3.05, 3.63) is 22.8 Å². The van der Waals surface area contributed by atoms with Crippen LogP contribution in [0.4, 0.5) is 5.82 Å². The first-order valence-corrected chi connectivity index (χ1v) is 5.43. The Hall–Kier alpha value is -0.550. The van der Waals surface area contributed by atoms with Crippen molar-refractivity contribution < 1.29 is 0 Å². The standard InChI is InChI=1S/C8H10BrN3S/c1-5(9)4-13-8-11-6(2)3-7(10)12-8/h3H,1,4H2,2H3,(H2,10,11,12). The van der Waals surface area contributed by atoms with Gasteiger partial charge in [-0.3, -0.25) is 0 Å². The van der Waals surface area contributed by atoms with Gasteiger partial charge in [-0.25, -0.2) is 9.97 Å². The first-order chi connectivity index (χ1) is 6.08. The van der Waals surface area contributed by atoms with Gasteiger partial charge in [-0.1, -0.05) is 34.3 Å². The summed E-state index contributed by atoms with van der Waals surface area (Å²) in [6.45, 7) is 5.62. The second-order valence-electron chi connectivity index (χ2n) is 2.52. The van der Waals surface area contributed by atoms with Crippen molar-refractivity contribution in [1.82, 2.24) is 9.97 Å². The molecule has 5 heteroatoms. The van der Waals surface area contributed by atoms with Crippen molar-refractivity contribution in [1.29, 1.82) is 0 Å². The van der Waals surface area contributed by atoms with Crippen molar-refractivity contribution in [2.75, 3.05) is 11.5 Å². The van der Waals surface area contributed by atoms with Gasteiger partial charge in [0, 0.05) is 17.5 Å². The smallest absolute Gasteiger partial charge is 0.190 e. The third-order valence-electron chi connectivity index (χ3n) is 1.21. The van der Waals surface area contributed by atoms with E-state index in [1.807, 2.05) is 6.92 Å². The molecule has 0 aliphatic heterocycles. The van der Waals surface area contributed by atoms with Gasteiger partial charge < -0.3 is 5.73 Å². The monoisotopic (exact) mass is 259 g/mol. The Labute approximate surface area is 90.0 Å². The molecule has 0 unspecified atom stereocenters. The Bertz CT molecular complexity index is 307. The van der Waals surface area contributed by atoms with E-state index in [9.17, 15) is 0 Å². The molecule has 1 rings (SSSR count). The number of thioether (sulfide) groups is 1. The number of anilines is 1. The summed E-state index contributed by atoms with van der Waals surface area (Å²) in [5.74, 6) is 1.26. The van der Waals surface area contributed by atoms with Gasteiger partial charge >= 0.3 is 0 Å². The number of hydrogen-bond donors (Lipinski definition) is 1. The summed E-state index contributed by atoms with van der Waals surface area (Å²) in [5.41, 5.74) is 6.45. The Morgan fingerprint density at radius 1 is 1.69 bits per heavy atom. The van der Waals surface area contributed by atoms with Crippen LogP contribution < -0.4 is 5.73 Å². The minimum Gasteiger partial charge on any atom is -0.384 e. The quantitative estimate of drug-likeness (QED) is 0.669. The van der Waals surface area contributed by atoms with Gasteiger partial charge in [0.1, 0.15) is 5.82 Å². The molecule has 70 valence electrons. The molecule has 0 aromatic carbocycles. The van der Waals surface area contributed by atoms with Crippen molar-refractivity contribution in [2.45, 2.75) is 12.1 Å². The lowest BCUT2D eigenvalue weighted by molar-refractivity contribution is 0.942. The van der Waals surface area contributed by atoms with E-state index in [4.69, 9.17) is 5.73 Å². The zero-order valence-electron chi connectivity index (χ0n) is 7.25. The first-order valence-electron chi connectivity index (χ1n) is 3.65. The molecule has 2 N–H and O–H groups in total. The summed E-state index contributed by atoms with van der Waals surface area (Å²) in [7, 11) is 0. The zero-order valence-corrected chi connectivity index (χ0v) is 9.65. The highest BCUT2D eigenvalue weighted by Crippen LogP contribution is 2.19. The van der Waals surface area contributed by atoms with Crippen molar-refractivity contribution in [3.8, 4) is 0 Å². The van der Waals surface area contributed by atoms with Gasteiger partial charge in [0.05, 0.1) is 0 Å². The number of aryl methyl sites for hydroxylation is 1. The molecule has 0 aliphatic carbocycles. The number of hydrogen-bond acceptors (Lipinski definition) is 4. The van der Waals surface area contributed by atoms with E-state index in [0.717, 1.165) is 15.9 Å². The van der Waals surface area contributed by atoms with E-state index in [1.165, 1.54) is 11.8 Å². The topological polar surface area (TPSA) is 51.8 Å². The third-order valence-corrected chi connectivity index (χ3v) is 2.80. The Morgan fingerprint density at radius 3 is 2.92 bits per heavy atom. The summed E-state index contributed by atoms with van der Waals surface area (Å²) in [6, 6.07) is 1.74. The molecule has 0 amide bonds. The zero-order chi connectivity index (χ0) is 9.84. The lowest BCUT2D eigenvalue weighted by Crippen LogP contribution is -1.96. The van der Waals surface area contributed by atoms with Gasteiger partial charge in [0.15, 0.2) is 5.16 Å². The van der Waals surface area contributed by atoms with E-state index in [-0.39, 0.29) is 0 Å². The van der Waals surface area contributed by atoms with Crippen LogP contribution in [0.5, 0.6) is 0 Å². The molecule has 3 nitrogen and oxygen atoms in total. The van der Waals surface area contributed by atoms with Crippen LogP contribution in [-0.4, -0.2) is 15.7 Å². The van der Waals surface area contributed by atoms with Crippen LogP contribution in [0.25, 0.3) is 0 Å². The van der Waals surface area contributed by atoms with Crippen LogP contribution in [-0.2, 0) is 0 Å². The number of aromatic nitrogens is 2. The molecule has 1 aromatic rings. The van der Waals surface area contributed by atoms with Crippen molar-refractivity contribution >= 4 is 33.5 Å². The summed E-state index contributed by atoms with van der Waals surface area (Å²) >= 11 is 4.78. The molecule has 0 bridgehead atoms. The van der Waals surface area contributed by atoms with Gasteiger partial charge in [0.25, 0.3) is 0 Å². The predicted molar refractivity (Wildman–Crippen MR) is 60.0 cm³/mol.